The molecule has 4 rings (SSSR count). The van der Waals surface area contributed by atoms with Crippen molar-refractivity contribution >= 4 is 5.91 Å². The first kappa shape index (κ1) is 21.1. The minimum Gasteiger partial charge on any atom is -0.383 e. The van der Waals surface area contributed by atoms with Crippen LogP contribution >= 0.6 is 0 Å². The molecule has 0 spiro atoms. The fourth-order valence-electron chi connectivity index (χ4n) is 5.12. The third kappa shape index (κ3) is 4.93. The van der Waals surface area contributed by atoms with Crippen LogP contribution in [-0.4, -0.2) is 61.6 Å². The second-order valence-corrected chi connectivity index (χ2v) is 8.95. The van der Waals surface area contributed by atoms with Crippen LogP contribution < -0.4 is 0 Å². The van der Waals surface area contributed by atoms with Crippen LogP contribution in [0, 0.1) is 12.8 Å². The number of rotatable bonds is 7. The molecular formula is C26H34N2O2. The summed E-state index contributed by atoms with van der Waals surface area (Å²) >= 11 is 0. The molecule has 2 aliphatic rings. The Morgan fingerprint density at radius 3 is 2.60 bits per heavy atom. The molecule has 1 aliphatic carbocycles. The van der Waals surface area contributed by atoms with Gasteiger partial charge in [-0.15, -0.1) is 0 Å². The van der Waals surface area contributed by atoms with Crippen LogP contribution in [0.1, 0.15) is 39.9 Å². The Bertz CT molecular complexity index is 841. The molecule has 2 aromatic carbocycles. The molecule has 1 aliphatic heterocycles. The first-order valence-electron chi connectivity index (χ1n) is 11.3. The number of amides is 1. The number of carbonyl (C=O) groups is 1. The van der Waals surface area contributed by atoms with Gasteiger partial charge in [-0.2, -0.15) is 0 Å². The Morgan fingerprint density at radius 2 is 1.90 bits per heavy atom. The zero-order valence-electron chi connectivity index (χ0n) is 18.3. The largest absolute Gasteiger partial charge is 0.383 e. The molecule has 0 bridgehead atoms. The van der Waals surface area contributed by atoms with Crippen LogP contribution in [0.25, 0.3) is 0 Å². The average Bonchev–Trinajstić information content (AvgIpc) is 3.21. The monoisotopic (exact) mass is 406 g/mol. The zero-order valence-corrected chi connectivity index (χ0v) is 18.3. The van der Waals surface area contributed by atoms with E-state index in [1.54, 1.807) is 7.11 Å². The standard InChI is InChI=1S/C26H34N2O2/c1-20-7-5-11-24(15-20)26(29)28(13-14-30-2)19-21-8-6-12-27(18-21)25-16-22-9-3-4-10-23(22)17-25/h3-5,7,9-11,15,21,25H,6,8,12-14,16-19H2,1-2H3. The van der Waals surface area contributed by atoms with E-state index in [4.69, 9.17) is 4.74 Å². The van der Waals surface area contributed by atoms with Gasteiger partial charge in [-0.1, -0.05) is 42.0 Å². The summed E-state index contributed by atoms with van der Waals surface area (Å²) in [7, 11) is 1.70. The lowest BCUT2D eigenvalue weighted by atomic mass is 9.95. The third-order valence-electron chi connectivity index (χ3n) is 6.69. The maximum atomic E-state index is 13.2. The molecule has 4 nitrogen and oxygen atoms in total. The molecule has 1 heterocycles. The molecule has 1 fully saturated rings. The summed E-state index contributed by atoms with van der Waals surface area (Å²) in [5.41, 5.74) is 4.93. The lowest BCUT2D eigenvalue weighted by Gasteiger charge is -2.38. The summed E-state index contributed by atoms with van der Waals surface area (Å²) in [6.45, 7) is 6.34. The lowest BCUT2D eigenvalue weighted by Crippen LogP contribution is -2.47. The maximum Gasteiger partial charge on any atom is 0.253 e. The molecular weight excluding hydrogens is 372 g/mol. The van der Waals surface area contributed by atoms with Gasteiger partial charge in [0.05, 0.1) is 6.61 Å². The van der Waals surface area contributed by atoms with Gasteiger partial charge in [0.1, 0.15) is 0 Å². The van der Waals surface area contributed by atoms with Crippen LogP contribution in [0.3, 0.4) is 0 Å². The number of piperidine rings is 1. The van der Waals surface area contributed by atoms with Crippen molar-refractivity contribution in [3.63, 3.8) is 0 Å². The molecule has 2 aromatic rings. The Balaban J connectivity index is 1.41. The number of nitrogens with zero attached hydrogens (tertiary/aromatic N) is 2. The Morgan fingerprint density at radius 1 is 1.13 bits per heavy atom. The summed E-state index contributed by atoms with van der Waals surface area (Å²) in [6, 6.07) is 17.4. The average molecular weight is 407 g/mol. The predicted octanol–water partition coefficient (Wildman–Crippen LogP) is 3.96. The number of ether oxygens (including phenoxy) is 1. The van der Waals surface area contributed by atoms with Gasteiger partial charge in [0.15, 0.2) is 0 Å². The number of carbonyl (C=O) groups excluding carboxylic acids is 1. The maximum absolute atomic E-state index is 13.2. The quantitative estimate of drug-likeness (QED) is 0.698. The highest BCUT2D eigenvalue weighted by atomic mass is 16.5. The van der Waals surface area contributed by atoms with Crippen molar-refractivity contribution in [1.29, 1.82) is 0 Å². The van der Waals surface area contributed by atoms with Gasteiger partial charge in [0.25, 0.3) is 5.91 Å². The molecule has 0 N–H and O–H groups in total. The van der Waals surface area contributed by atoms with Gasteiger partial charge in [0, 0.05) is 38.3 Å². The zero-order chi connectivity index (χ0) is 20.9. The molecule has 1 atom stereocenters. The van der Waals surface area contributed by atoms with Crippen molar-refractivity contribution in [3.8, 4) is 0 Å². The second kappa shape index (κ2) is 9.76. The lowest BCUT2D eigenvalue weighted by molar-refractivity contribution is 0.0573. The molecule has 1 unspecified atom stereocenters. The molecule has 4 heteroatoms. The molecule has 1 saturated heterocycles. The van der Waals surface area contributed by atoms with Crippen LogP contribution in [0.2, 0.25) is 0 Å². The molecule has 30 heavy (non-hydrogen) atoms. The van der Waals surface area contributed by atoms with Crippen molar-refractivity contribution in [2.45, 2.75) is 38.6 Å². The van der Waals surface area contributed by atoms with Gasteiger partial charge >= 0.3 is 0 Å². The minimum absolute atomic E-state index is 0.126. The Labute approximate surface area is 180 Å². The molecule has 0 saturated carbocycles. The van der Waals surface area contributed by atoms with E-state index >= 15 is 0 Å². The summed E-state index contributed by atoms with van der Waals surface area (Å²) in [5, 5.41) is 0. The van der Waals surface area contributed by atoms with Gasteiger partial charge < -0.3 is 9.64 Å². The summed E-state index contributed by atoms with van der Waals surface area (Å²) in [5.74, 6) is 0.647. The van der Waals surface area contributed by atoms with Crippen LogP contribution in [0.5, 0.6) is 0 Å². The van der Waals surface area contributed by atoms with Gasteiger partial charge in [0.2, 0.25) is 0 Å². The van der Waals surface area contributed by atoms with E-state index < -0.39 is 0 Å². The smallest absolute Gasteiger partial charge is 0.253 e. The third-order valence-corrected chi connectivity index (χ3v) is 6.69. The SMILES string of the molecule is COCCN(CC1CCCN(C2Cc3ccccc3C2)C1)C(=O)c1cccc(C)c1. The van der Waals surface area contributed by atoms with E-state index in [0.717, 1.165) is 24.2 Å². The highest BCUT2D eigenvalue weighted by Gasteiger charge is 2.31. The van der Waals surface area contributed by atoms with Crippen molar-refractivity contribution in [2.75, 3.05) is 39.9 Å². The first-order chi connectivity index (χ1) is 14.6. The summed E-state index contributed by atoms with van der Waals surface area (Å²) < 4.78 is 5.31. The Kier molecular flexibility index (Phi) is 6.86. The number of methoxy groups -OCH3 is 1. The minimum atomic E-state index is 0.126. The normalized spacial score (nSPS) is 19.6. The number of hydrogen-bond acceptors (Lipinski definition) is 3. The molecule has 0 aromatic heterocycles. The summed E-state index contributed by atoms with van der Waals surface area (Å²) in [4.78, 5) is 17.9. The van der Waals surface area contributed by atoms with E-state index in [2.05, 4.69) is 29.2 Å². The van der Waals surface area contributed by atoms with Crippen molar-refractivity contribution in [2.24, 2.45) is 5.92 Å². The van der Waals surface area contributed by atoms with Crippen LogP contribution in [-0.2, 0) is 17.6 Å². The number of benzene rings is 2. The number of hydrogen-bond donors (Lipinski definition) is 0. The van der Waals surface area contributed by atoms with E-state index in [0.29, 0.717) is 25.1 Å². The fraction of sp³-hybridized carbons (Fsp3) is 0.500. The van der Waals surface area contributed by atoms with E-state index in [-0.39, 0.29) is 5.91 Å². The van der Waals surface area contributed by atoms with E-state index in [1.807, 2.05) is 36.1 Å². The van der Waals surface area contributed by atoms with Gasteiger partial charge in [-0.05, 0) is 68.3 Å². The number of aryl methyl sites for hydroxylation is 1. The van der Waals surface area contributed by atoms with E-state index in [9.17, 15) is 4.79 Å². The van der Waals surface area contributed by atoms with Crippen LogP contribution in [0.4, 0.5) is 0 Å². The van der Waals surface area contributed by atoms with Crippen molar-refractivity contribution < 1.29 is 9.53 Å². The van der Waals surface area contributed by atoms with Gasteiger partial charge in [-0.25, -0.2) is 0 Å². The number of fused-ring (bicyclic) bond motifs is 1. The highest BCUT2D eigenvalue weighted by Crippen LogP contribution is 2.29. The molecule has 1 amide bonds. The first-order valence-corrected chi connectivity index (χ1v) is 11.3. The highest BCUT2D eigenvalue weighted by molar-refractivity contribution is 5.94. The van der Waals surface area contributed by atoms with Crippen molar-refractivity contribution in [3.05, 3.63) is 70.8 Å². The predicted molar refractivity (Wildman–Crippen MR) is 121 cm³/mol. The van der Waals surface area contributed by atoms with Crippen LogP contribution in [0.15, 0.2) is 48.5 Å². The van der Waals surface area contributed by atoms with E-state index in [1.165, 1.54) is 43.4 Å². The number of likely N-dealkylation sites (tertiary alicyclic amines) is 1. The van der Waals surface area contributed by atoms with Crippen molar-refractivity contribution in [1.82, 2.24) is 9.80 Å². The second-order valence-electron chi connectivity index (χ2n) is 8.95. The Hall–Kier alpha value is -2.17. The topological polar surface area (TPSA) is 32.8 Å². The fourth-order valence-corrected chi connectivity index (χ4v) is 5.12. The molecule has 0 radical (unpaired) electrons. The van der Waals surface area contributed by atoms with Gasteiger partial charge in [-0.3, -0.25) is 9.69 Å². The summed E-state index contributed by atoms with van der Waals surface area (Å²) in [6.07, 6.45) is 4.74. The molecule has 160 valence electrons.